The van der Waals surface area contributed by atoms with Gasteiger partial charge < -0.3 is 19.9 Å². The summed E-state index contributed by atoms with van der Waals surface area (Å²) in [6, 6.07) is 8.59. The molecule has 1 aromatic rings. The first-order valence-electron chi connectivity index (χ1n) is 11.9. The number of hydrazine groups is 1. The fraction of sp³-hybridized carbons (Fsp3) is 0.560. The molecule has 3 atom stereocenters. The number of nitrogens with one attached hydrogen (secondary N) is 1. The number of hydrogen-bond donors (Lipinski definition) is 1. The van der Waals surface area contributed by atoms with Crippen molar-refractivity contribution < 1.29 is 19.1 Å². The molecule has 34 heavy (non-hydrogen) atoms. The summed E-state index contributed by atoms with van der Waals surface area (Å²) < 4.78 is 5.48. The van der Waals surface area contributed by atoms with Crippen molar-refractivity contribution in [2.24, 2.45) is 5.92 Å². The quantitative estimate of drug-likeness (QED) is 0.438. The molecule has 9 nitrogen and oxygen atoms in total. The molecule has 0 radical (unpaired) electrons. The van der Waals surface area contributed by atoms with Crippen LogP contribution in [0.1, 0.15) is 32.8 Å². The first kappa shape index (κ1) is 25.5. The fourth-order valence-corrected chi connectivity index (χ4v) is 4.50. The van der Waals surface area contributed by atoms with E-state index in [0.717, 1.165) is 12.0 Å². The van der Waals surface area contributed by atoms with E-state index in [4.69, 9.17) is 11.2 Å². The largest absolute Gasteiger partial charge is 0.380 e. The molecule has 1 N–H and O–H groups in total. The van der Waals surface area contributed by atoms with Crippen molar-refractivity contribution >= 4 is 17.8 Å². The van der Waals surface area contributed by atoms with Crippen LogP contribution in [0.25, 0.3) is 0 Å². The minimum Gasteiger partial charge on any atom is -0.380 e. The van der Waals surface area contributed by atoms with Crippen molar-refractivity contribution in [2.45, 2.75) is 45.9 Å². The highest BCUT2D eigenvalue weighted by atomic mass is 16.5. The number of rotatable bonds is 9. The van der Waals surface area contributed by atoms with Gasteiger partial charge in [0.2, 0.25) is 11.8 Å². The SMILES string of the molecule is C#CCN1CC(=O)N2[C@@H](C(C)CC)C(=O)N(CCOCC)C[C@@H]2N1C(=O)NCc1ccccc1. The number of ether oxygens (including phenoxy) is 1. The van der Waals surface area contributed by atoms with Crippen molar-refractivity contribution in [3.63, 3.8) is 0 Å². The normalized spacial score (nSPS) is 21.8. The molecule has 0 spiro atoms. The molecule has 184 valence electrons. The zero-order chi connectivity index (χ0) is 24.7. The third-order valence-electron chi connectivity index (χ3n) is 6.42. The molecule has 0 aliphatic carbocycles. The zero-order valence-corrected chi connectivity index (χ0v) is 20.3. The maximum atomic E-state index is 13.5. The first-order valence-corrected chi connectivity index (χ1v) is 11.9. The van der Waals surface area contributed by atoms with Gasteiger partial charge in [-0.1, -0.05) is 56.5 Å². The highest BCUT2D eigenvalue weighted by molar-refractivity contribution is 5.91. The van der Waals surface area contributed by atoms with Crippen LogP contribution >= 0.6 is 0 Å². The number of carbonyl (C=O) groups is 3. The molecular weight excluding hydrogens is 434 g/mol. The molecule has 1 unspecified atom stereocenters. The number of carbonyl (C=O) groups excluding carboxylic acids is 3. The summed E-state index contributed by atoms with van der Waals surface area (Å²) in [5, 5.41) is 6.07. The average molecular weight is 470 g/mol. The highest BCUT2D eigenvalue weighted by Gasteiger charge is 2.52. The third-order valence-corrected chi connectivity index (χ3v) is 6.42. The number of fused-ring (bicyclic) bond motifs is 1. The lowest BCUT2D eigenvalue weighted by molar-refractivity contribution is -0.192. The van der Waals surface area contributed by atoms with Crippen LogP contribution in [0.4, 0.5) is 4.79 Å². The number of benzene rings is 1. The second kappa shape index (κ2) is 11.9. The number of nitrogens with zero attached hydrogens (tertiary/aromatic N) is 4. The Hall–Kier alpha value is -3.09. The minimum atomic E-state index is -0.649. The number of piperazine rings is 1. The lowest BCUT2D eigenvalue weighted by Crippen LogP contribution is -2.77. The van der Waals surface area contributed by atoms with Crippen LogP contribution in [0.5, 0.6) is 0 Å². The van der Waals surface area contributed by atoms with Crippen LogP contribution in [-0.4, -0.2) is 89.3 Å². The monoisotopic (exact) mass is 469 g/mol. The van der Waals surface area contributed by atoms with E-state index in [1.54, 1.807) is 14.8 Å². The molecule has 3 rings (SSSR count). The lowest BCUT2D eigenvalue weighted by atomic mass is 9.92. The van der Waals surface area contributed by atoms with E-state index in [0.29, 0.717) is 26.3 Å². The second-order valence-corrected chi connectivity index (χ2v) is 8.61. The van der Waals surface area contributed by atoms with Crippen LogP contribution < -0.4 is 5.32 Å². The maximum absolute atomic E-state index is 13.5. The molecule has 1 aromatic carbocycles. The number of urea groups is 1. The van der Waals surface area contributed by atoms with Gasteiger partial charge in [-0.2, -0.15) is 5.01 Å². The van der Waals surface area contributed by atoms with Crippen LogP contribution in [0.15, 0.2) is 30.3 Å². The predicted octanol–water partition coefficient (Wildman–Crippen LogP) is 1.51. The Morgan fingerprint density at radius 1 is 1.26 bits per heavy atom. The third kappa shape index (κ3) is 5.51. The minimum absolute atomic E-state index is 0.0569. The molecule has 0 aromatic heterocycles. The highest BCUT2D eigenvalue weighted by Crippen LogP contribution is 2.30. The molecule has 2 aliphatic rings. The van der Waals surface area contributed by atoms with Crippen molar-refractivity contribution in [3.8, 4) is 12.3 Å². The Bertz CT molecular complexity index is 902. The van der Waals surface area contributed by atoms with Gasteiger partial charge >= 0.3 is 6.03 Å². The van der Waals surface area contributed by atoms with Gasteiger partial charge in [0.05, 0.1) is 26.2 Å². The predicted molar refractivity (Wildman–Crippen MR) is 128 cm³/mol. The standard InChI is InChI=1S/C25H35N5O4/c1-5-13-28-18-22(31)29-21(30(28)25(33)26-16-20-11-9-8-10-12-20)17-27(14-15-34-7-3)24(32)23(29)19(4)6-2/h1,8-12,19,21,23H,6-7,13-18H2,2-4H3,(H,26,33)/t19?,21-,23-/m0/s1. The lowest BCUT2D eigenvalue weighted by Gasteiger charge is -2.55. The van der Waals surface area contributed by atoms with Crippen molar-refractivity contribution in [1.82, 2.24) is 25.1 Å². The topological polar surface area (TPSA) is 85.4 Å². The molecule has 0 bridgehead atoms. The molecule has 2 fully saturated rings. The van der Waals surface area contributed by atoms with Crippen LogP contribution in [0, 0.1) is 18.3 Å². The van der Waals surface area contributed by atoms with Gasteiger partial charge in [0.15, 0.2) is 0 Å². The van der Waals surface area contributed by atoms with Crippen LogP contribution in [-0.2, 0) is 20.9 Å². The Kier molecular flexibility index (Phi) is 8.91. The molecule has 2 aliphatic heterocycles. The van der Waals surface area contributed by atoms with E-state index >= 15 is 0 Å². The van der Waals surface area contributed by atoms with E-state index in [1.807, 2.05) is 51.1 Å². The zero-order valence-electron chi connectivity index (χ0n) is 20.3. The summed E-state index contributed by atoms with van der Waals surface area (Å²) in [5.41, 5.74) is 0.957. The van der Waals surface area contributed by atoms with Crippen LogP contribution in [0.3, 0.4) is 0 Å². The van der Waals surface area contributed by atoms with Gasteiger partial charge in [0, 0.05) is 19.7 Å². The summed E-state index contributed by atoms with van der Waals surface area (Å²) in [7, 11) is 0. The molecular formula is C25H35N5O4. The number of amides is 4. The van der Waals surface area contributed by atoms with Gasteiger partial charge in [-0.25, -0.2) is 9.80 Å². The fourth-order valence-electron chi connectivity index (χ4n) is 4.50. The smallest absolute Gasteiger partial charge is 0.334 e. The summed E-state index contributed by atoms with van der Waals surface area (Å²) in [4.78, 5) is 43.5. The van der Waals surface area contributed by atoms with Gasteiger partial charge in [-0.3, -0.25) is 9.59 Å². The summed E-state index contributed by atoms with van der Waals surface area (Å²) in [6.07, 6.45) is 5.65. The number of hydrogen-bond acceptors (Lipinski definition) is 5. The Morgan fingerprint density at radius 2 is 2.00 bits per heavy atom. The van der Waals surface area contributed by atoms with E-state index in [-0.39, 0.29) is 43.4 Å². The van der Waals surface area contributed by atoms with E-state index in [1.165, 1.54) is 5.01 Å². The van der Waals surface area contributed by atoms with E-state index in [9.17, 15) is 14.4 Å². The van der Waals surface area contributed by atoms with Crippen LogP contribution in [0.2, 0.25) is 0 Å². The van der Waals surface area contributed by atoms with Crippen molar-refractivity contribution in [3.05, 3.63) is 35.9 Å². The average Bonchev–Trinajstić information content (AvgIpc) is 2.84. The first-order chi connectivity index (χ1) is 16.4. The van der Waals surface area contributed by atoms with E-state index < -0.39 is 12.2 Å². The number of terminal acetylenes is 1. The second-order valence-electron chi connectivity index (χ2n) is 8.61. The molecule has 4 amide bonds. The summed E-state index contributed by atoms with van der Waals surface area (Å²) in [5.74, 6) is 2.18. The van der Waals surface area contributed by atoms with Crippen molar-refractivity contribution in [2.75, 3.05) is 39.4 Å². The molecule has 2 saturated heterocycles. The Balaban J connectivity index is 1.91. The molecule has 9 heteroatoms. The maximum Gasteiger partial charge on any atom is 0.334 e. The Morgan fingerprint density at radius 3 is 2.65 bits per heavy atom. The Labute approximate surface area is 202 Å². The van der Waals surface area contributed by atoms with Crippen molar-refractivity contribution in [1.29, 1.82) is 0 Å². The van der Waals surface area contributed by atoms with Gasteiger partial charge in [-0.05, 0) is 18.4 Å². The van der Waals surface area contributed by atoms with Gasteiger partial charge in [0.1, 0.15) is 12.2 Å². The van der Waals surface area contributed by atoms with Gasteiger partial charge in [-0.15, -0.1) is 6.42 Å². The molecule has 2 heterocycles. The summed E-state index contributed by atoms with van der Waals surface area (Å²) in [6.45, 7) is 7.79. The van der Waals surface area contributed by atoms with Gasteiger partial charge in [0.25, 0.3) is 0 Å². The summed E-state index contributed by atoms with van der Waals surface area (Å²) >= 11 is 0. The van der Waals surface area contributed by atoms with E-state index in [2.05, 4.69) is 11.2 Å². The molecule has 0 saturated carbocycles.